The molecule has 0 aliphatic carbocycles. The minimum Gasteiger partial charge on any atom is -0.463 e. The molecule has 0 spiro atoms. The average molecular weight is 581 g/mol. The fourth-order valence-electron chi connectivity index (χ4n) is 5.55. The van der Waals surface area contributed by atoms with E-state index in [2.05, 4.69) is 4.90 Å². The smallest absolute Gasteiger partial charge is 0.338 e. The van der Waals surface area contributed by atoms with E-state index in [-0.39, 0.29) is 23.4 Å². The number of nitro groups is 1. The molecule has 2 aliphatic rings. The molecule has 0 radical (unpaired) electrons. The molecule has 6 rings (SSSR count). The number of fused-ring (bicyclic) bond motifs is 1. The molecule has 4 aromatic rings. The van der Waals surface area contributed by atoms with Crippen LogP contribution in [0.1, 0.15) is 42.5 Å². The Balaban J connectivity index is 1.62. The number of rotatable bonds is 7. The number of carbonyl (C=O) groups is 1. The summed E-state index contributed by atoms with van der Waals surface area (Å²) in [5.41, 5.74) is 3.26. The third kappa shape index (κ3) is 5.05. The van der Waals surface area contributed by atoms with Crippen LogP contribution in [0.25, 0.3) is 11.8 Å². The Morgan fingerprint density at radius 3 is 2.43 bits per heavy atom. The molecule has 1 saturated heterocycles. The molecule has 0 bridgehead atoms. The summed E-state index contributed by atoms with van der Waals surface area (Å²) in [5.74, 6) is -0.543. The van der Waals surface area contributed by atoms with E-state index in [0.717, 1.165) is 42.7 Å². The van der Waals surface area contributed by atoms with E-state index in [1.807, 2.05) is 60.7 Å². The van der Waals surface area contributed by atoms with Gasteiger partial charge in [0.2, 0.25) is 0 Å². The van der Waals surface area contributed by atoms with Crippen molar-refractivity contribution in [2.45, 2.75) is 25.8 Å². The number of anilines is 1. The molecule has 1 atom stereocenters. The third-order valence-corrected chi connectivity index (χ3v) is 8.43. The summed E-state index contributed by atoms with van der Waals surface area (Å²) in [7, 11) is 0. The highest BCUT2D eigenvalue weighted by molar-refractivity contribution is 7.07. The molecule has 3 heterocycles. The number of ether oxygens (including phenoxy) is 1. The molecule has 1 fully saturated rings. The van der Waals surface area contributed by atoms with Gasteiger partial charge < -0.3 is 9.64 Å². The summed E-state index contributed by atoms with van der Waals surface area (Å²) in [6.07, 6.45) is 3.78. The van der Waals surface area contributed by atoms with Crippen LogP contribution < -0.4 is 19.8 Å². The highest BCUT2D eigenvalue weighted by Crippen LogP contribution is 2.35. The third-order valence-electron chi connectivity index (χ3n) is 7.44. The second kappa shape index (κ2) is 11.6. The van der Waals surface area contributed by atoms with Crippen LogP contribution in [0.2, 0.25) is 0 Å². The molecule has 0 N–H and O–H groups in total. The van der Waals surface area contributed by atoms with Crippen molar-refractivity contribution in [3.05, 3.63) is 131 Å². The summed E-state index contributed by atoms with van der Waals surface area (Å²) in [4.78, 5) is 46.4. The number of nitrogens with zero attached hydrogens (tertiary/aromatic N) is 4. The molecule has 3 aromatic carbocycles. The van der Waals surface area contributed by atoms with E-state index in [1.165, 1.54) is 28.0 Å². The van der Waals surface area contributed by atoms with Crippen molar-refractivity contribution in [3.63, 3.8) is 0 Å². The Kier molecular flexibility index (Phi) is 7.54. The lowest BCUT2D eigenvalue weighted by Crippen LogP contribution is -2.40. The summed E-state index contributed by atoms with van der Waals surface area (Å²) >= 11 is 1.20. The SMILES string of the molecule is CCOC(=O)C1=C(c2ccccc2)N=c2sc(=Cc3cc([N+](=O)[O-])ccc3N3CCCC3)c(=O)n2[C@@H]1c1ccccc1. The van der Waals surface area contributed by atoms with E-state index < -0.39 is 16.9 Å². The van der Waals surface area contributed by atoms with Gasteiger partial charge in [0.05, 0.1) is 33.4 Å². The first-order chi connectivity index (χ1) is 20.5. The minimum absolute atomic E-state index is 0.0462. The van der Waals surface area contributed by atoms with Gasteiger partial charge in [-0.05, 0) is 37.5 Å². The van der Waals surface area contributed by atoms with Crippen LogP contribution in [0.4, 0.5) is 11.4 Å². The van der Waals surface area contributed by atoms with Crippen molar-refractivity contribution in [1.29, 1.82) is 0 Å². The second-order valence-corrected chi connectivity index (χ2v) is 11.0. The lowest BCUT2D eigenvalue weighted by Gasteiger charge is -2.25. The van der Waals surface area contributed by atoms with Crippen molar-refractivity contribution in [2.75, 3.05) is 24.6 Å². The average Bonchev–Trinajstić information content (AvgIpc) is 3.65. The van der Waals surface area contributed by atoms with Crippen LogP contribution in [0.15, 0.2) is 94.2 Å². The molecule has 0 amide bonds. The van der Waals surface area contributed by atoms with Gasteiger partial charge in [0.25, 0.3) is 11.2 Å². The van der Waals surface area contributed by atoms with E-state index in [4.69, 9.17) is 9.73 Å². The highest BCUT2D eigenvalue weighted by atomic mass is 32.1. The number of carbonyl (C=O) groups excluding carboxylic acids is 1. The van der Waals surface area contributed by atoms with Gasteiger partial charge in [-0.15, -0.1) is 0 Å². The van der Waals surface area contributed by atoms with Crippen molar-refractivity contribution in [1.82, 2.24) is 4.57 Å². The number of hydrogen-bond acceptors (Lipinski definition) is 8. The standard InChI is InChI=1S/C32H28N4O5S/c1-2-41-31(38)27-28(21-11-5-3-6-12-21)33-32-35(29(27)22-13-7-4-8-14-22)30(37)26(42-32)20-23-19-24(36(39)40)15-16-25(23)34-17-9-10-18-34/h3-8,11-16,19-20,29H,2,9-10,17-18H2,1H3/t29-/m1/s1. The zero-order valence-corrected chi connectivity index (χ0v) is 23.8. The quantitative estimate of drug-likeness (QED) is 0.182. The summed E-state index contributed by atoms with van der Waals surface area (Å²) in [5, 5.41) is 11.6. The number of aromatic nitrogens is 1. The summed E-state index contributed by atoms with van der Waals surface area (Å²) in [6, 6.07) is 22.7. The van der Waals surface area contributed by atoms with E-state index >= 15 is 0 Å². The predicted octanol–water partition coefficient (Wildman–Crippen LogP) is 4.44. The Labute approximate surface area is 245 Å². The minimum atomic E-state index is -0.776. The number of nitro benzene ring substituents is 1. The summed E-state index contributed by atoms with van der Waals surface area (Å²) in [6.45, 7) is 3.60. The van der Waals surface area contributed by atoms with Crippen LogP contribution in [-0.4, -0.2) is 35.2 Å². The van der Waals surface area contributed by atoms with Crippen LogP contribution in [0.5, 0.6) is 0 Å². The van der Waals surface area contributed by atoms with Crippen molar-refractivity contribution in [2.24, 2.45) is 4.99 Å². The van der Waals surface area contributed by atoms with Crippen molar-refractivity contribution in [3.8, 4) is 0 Å². The molecule has 10 heteroatoms. The van der Waals surface area contributed by atoms with Crippen molar-refractivity contribution >= 4 is 40.5 Å². The molecular formula is C32H28N4O5S. The van der Waals surface area contributed by atoms with Gasteiger partial charge in [0.1, 0.15) is 0 Å². The first-order valence-electron chi connectivity index (χ1n) is 13.8. The predicted molar refractivity (Wildman–Crippen MR) is 162 cm³/mol. The first kappa shape index (κ1) is 27.3. The van der Waals surface area contributed by atoms with Gasteiger partial charge in [-0.2, -0.15) is 0 Å². The normalized spacial score (nSPS) is 16.7. The van der Waals surface area contributed by atoms with Crippen molar-refractivity contribution < 1.29 is 14.5 Å². The zero-order chi connectivity index (χ0) is 29.2. The van der Waals surface area contributed by atoms with Gasteiger partial charge in [0.15, 0.2) is 4.80 Å². The molecule has 42 heavy (non-hydrogen) atoms. The van der Waals surface area contributed by atoms with Gasteiger partial charge in [0, 0.05) is 42.0 Å². The van der Waals surface area contributed by atoms with Crippen LogP contribution in [0.3, 0.4) is 0 Å². The Morgan fingerprint density at radius 1 is 1.07 bits per heavy atom. The van der Waals surface area contributed by atoms with Crippen LogP contribution in [0, 0.1) is 10.1 Å². The number of non-ortho nitro benzene ring substituents is 1. The molecule has 2 aliphatic heterocycles. The zero-order valence-electron chi connectivity index (χ0n) is 22.9. The van der Waals surface area contributed by atoms with E-state index in [0.29, 0.717) is 20.6 Å². The number of esters is 1. The monoisotopic (exact) mass is 580 g/mol. The molecule has 212 valence electrons. The molecular weight excluding hydrogens is 552 g/mol. The largest absolute Gasteiger partial charge is 0.463 e. The Bertz CT molecular complexity index is 1870. The van der Waals surface area contributed by atoms with Gasteiger partial charge >= 0.3 is 5.97 Å². The molecule has 9 nitrogen and oxygen atoms in total. The number of benzene rings is 3. The van der Waals surface area contributed by atoms with Gasteiger partial charge in [-0.25, -0.2) is 9.79 Å². The van der Waals surface area contributed by atoms with E-state index in [1.54, 1.807) is 19.1 Å². The van der Waals surface area contributed by atoms with Crippen LogP contribution in [-0.2, 0) is 9.53 Å². The first-order valence-corrected chi connectivity index (χ1v) is 14.6. The van der Waals surface area contributed by atoms with Crippen LogP contribution >= 0.6 is 11.3 Å². The fraction of sp³-hybridized carbons (Fsp3) is 0.219. The summed E-state index contributed by atoms with van der Waals surface area (Å²) < 4.78 is 7.41. The van der Waals surface area contributed by atoms with E-state index in [9.17, 15) is 19.7 Å². The lowest BCUT2D eigenvalue weighted by molar-refractivity contribution is -0.384. The maximum absolute atomic E-state index is 14.2. The second-order valence-electron chi connectivity index (χ2n) is 10.0. The maximum Gasteiger partial charge on any atom is 0.338 e. The molecule has 0 unspecified atom stereocenters. The lowest BCUT2D eigenvalue weighted by atomic mass is 9.93. The van der Waals surface area contributed by atoms with Gasteiger partial charge in [-0.3, -0.25) is 19.5 Å². The fourth-order valence-corrected chi connectivity index (χ4v) is 6.54. The highest BCUT2D eigenvalue weighted by Gasteiger charge is 2.35. The Hall–Kier alpha value is -4.83. The maximum atomic E-state index is 14.2. The molecule has 0 saturated carbocycles. The number of hydrogen-bond donors (Lipinski definition) is 0. The topological polar surface area (TPSA) is 107 Å². The molecule has 1 aromatic heterocycles. The number of thiazole rings is 1. The Morgan fingerprint density at radius 2 is 1.76 bits per heavy atom. The van der Waals surface area contributed by atoms with Gasteiger partial charge in [-0.1, -0.05) is 72.0 Å².